The quantitative estimate of drug-likeness (QED) is 0.537. The Balaban J connectivity index is 2.51. The molecule has 0 radical (unpaired) electrons. The van der Waals surface area contributed by atoms with Crippen LogP contribution in [0.15, 0.2) is 12.8 Å². The van der Waals surface area contributed by atoms with E-state index in [1.54, 1.807) is 11.1 Å². The van der Waals surface area contributed by atoms with Gasteiger partial charge in [-0.2, -0.15) is 0 Å². The van der Waals surface area contributed by atoms with Crippen molar-refractivity contribution in [2.75, 3.05) is 6.54 Å². The van der Waals surface area contributed by atoms with Crippen LogP contribution in [-0.4, -0.2) is 17.4 Å². The van der Waals surface area contributed by atoms with Gasteiger partial charge >= 0.3 is 0 Å². The summed E-state index contributed by atoms with van der Waals surface area (Å²) < 4.78 is 0. The first-order valence-electron chi connectivity index (χ1n) is 3.66. The van der Waals surface area contributed by atoms with Crippen LogP contribution >= 0.6 is 0 Å². The molecule has 0 bridgehead atoms. The van der Waals surface area contributed by atoms with Gasteiger partial charge in [0.25, 0.3) is 0 Å². The summed E-state index contributed by atoms with van der Waals surface area (Å²) in [5, 5.41) is 0. The number of carbonyl (C=O) groups is 1. The van der Waals surface area contributed by atoms with Gasteiger partial charge in [0.15, 0.2) is 0 Å². The molecule has 0 spiro atoms. The molecule has 1 unspecified atom stereocenters. The van der Waals surface area contributed by atoms with Gasteiger partial charge < -0.3 is 4.90 Å². The second-order valence-electron chi connectivity index (χ2n) is 2.87. The molecule has 0 saturated carbocycles. The molecule has 2 heteroatoms. The number of hydrogen-bond donors (Lipinski definition) is 0. The maximum atomic E-state index is 11.1. The van der Waals surface area contributed by atoms with Crippen molar-refractivity contribution in [1.29, 1.82) is 0 Å². The summed E-state index contributed by atoms with van der Waals surface area (Å²) in [5.41, 5.74) is 0. The van der Waals surface area contributed by atoms with Gasteiger partial charge in [-0.15, -0.1) is 0 Å². The molecule has 0 aromatic carbocycles. The van der Waals surface area contributed by atoms with Gasteiger partial charge in [-0.05, 0) is 18.5 Å². The van der Waals surface area contributed by atoms with E-state index in [1.807, 2.05) is 0 Å². The molecule has 0 N–H and O–H groups in total. The Labute approximate surface area is 61.5 Å². The smallest absolute Gasteiger partial charge is 0.226 e. The molecule has 1 amide bonds. The van der Waals surface area contributed by atoms with Crippen molar-refractivity contribution in [3.8, 4) is 0 Å². The first-order valence-corrected chi connectivity index (χ1v) is 3.66. The Morgan fingerprint density at radius 2 is 2.50 bits per heavy atom. The lowest BCUT2D eigenvalue weighted by Crippen LogP contribution is -2.33. The van der Waals surface area contributed by atoms with Crippen LogP contribution in [0.1, 0.15) is 19.8 Å². The lowest BCUT2D eigenvalue weighted by molar-refractivity contribution is -0.131. The molecule has 1 fully saturated rings. The van der Waals surface area contributed by atoms with Crippen LogP contribution in [0.4, 0.5) is 0 Å². The van der Waals surface area contributed by atoms with E-state index in [9.17, 15) is 4.79 Å². The average Bonchev–Trinajstić information content (AvgIpc) is 1.88. The van der Waals surface area contributed by atoms with E-state index in [4.69, 9.17) is 0 Å². The summed E-state index contributed by atoms with van der Waals surface area (Å²) >= 11 is 0. The van der Waals surface area contributed by atoms with Crippen LogP contribution in [-0.2, 0) is 4.79 Å². The van der Waals surface area contributed by atoms with Gasteiger partial charge in [0, 0.05) is 13.0 Å². The summed E-state index contributed by atoms with van der Waals surface area (Å²) in [4.78, 5) is 12.8. The highest BCUT2D eigenvalue weighted by Crippen LogP contribution is 2.16. The summed E-state index contributed by atoms with van der Waals surface area (Å²) in [5.74, 6) is 0.775. The Hall–Kier alpha value is -0.790. The van der Waals surface area contributed by atoms with E-state index in [2.05, 4.69) is 13.5 Å². The number of carbonyl (C=O) groups excluding carboxylic acids is 1. The van der Waals surface area contributed by atoms with E-state index in [0.717, 1.165) is 13.0 Å². The number of piperidine rings is 1. The highest BCUT2D eigenvalue weighted by atomic mass is 16.2. The van der Waals surface area contributed by atoms with E-state index in [-0.39, 0.29) is 5.91 Å². The molecular formula is C8H13NO. The number of hydrogen-bond acceptors (Lipinski definition) is 1. The Morgan fingerprint density at radius 3 is 3.00 bits per heavy atom. The normalized spacial score (nSPS) is 26.7. The molecule has 1 heterocycles. The van der Waals surface area contributed by atoms with E-state index >= 15 is 0 Å². The van der Waals surface area contributed by atoms with Crippen molar-refractivity contribution in [3.63, 3.8) is 0 Å². The number of rotatable bonds is 1. The first kappa shape index (κ1) is 7.32. The van der Waals surface area contributed by atoms with E-state index < -0.39 is 0 Å². The fourth-order valence-corrected chi connectivity index (χ4v) is 1.19. The Kier molecular flexibility index (Phi) is 2.10. The fraction of sp³-hybridized carbons (Fsp3) is 0.625. The fourth-order valence-electron chi connectivity index (χ4n) is 1.19. The topological polar surface area (TPSA) is 20.3 Å². The standard InChI is InChI=1S/C8H13NO/c1-3-9-5-4-7(2)6-8(9)10/h3,7H,1,4-6H2,2H3. The zero-order valence-corrected chi connectivity index (χ0v) is 6.34. The minimum absolute atomic E-state index is 0.216. The highest BCUT2D eigenvalue weighted by Gasteiger charge is 2.20. The third-order valence-corrected chi connectivity index (χ3v) is 1.93. The van der Waals surface area contributed by atoms with E-state index in [0.29, 0.717) is 12.3 Å². The number of nitrogens with zero attached hydrogens (tertiary/aromatic N) is 1. The van der Waals surface area contributed by atoms with Crippen molar-refractivity contribution >= 4 is 5.91 Å². The highest BCUT2D eigenvalue weighted by molar-refractivity contribution is 5.78. The maximum Gasteiger partial charge on any atom is 0.226 e. The zero-order valence-electron chi connectivity index (χ0n) is 6.34. The van der Waals surface area contributed by atoms with Crippen molar-refractivity contribution in [3.05, 3.63) is 12.8 Å². The average molecular weight is 139 g/mol. The largest absolute Gasteiger partial charge is 0.320 e. The first-order chi connectivity index (χ1) is 4.74. The SMILES string of the molecule is C=CN1CCC(C)CC1=O. The zero-order chi connectivity index (χ0) is 7.56. The molecule has 56 valence electrons. The predicted molar refractivity (Wildman–Crippen MR) is 40.3 cm³/mol. The summed E-state index contributed by atoms with van der Waals surface area (Å²) in [6.07, 6.45) is 3.41. The lowest BCUT2D eigenvalue weighted by Gasteiger charge is -2.26. The van der Waals surface area contributed by atoms with Gasteiger partial charge in [-0.3, -0.25) is 4.79 Å². The van der Waals surface area contributed by atoms with E-state index in [1.165, 1.54) is 0 Å². The Morgan fingerprint density at radius 1 is 1.80 bits per heavy atom. The van der Waals surface area contributed by atoms with Crippen molar-refractivity contribution < 1.29 is 4.79 Å². The van der Waals surface area contributed by atoms with Gasteiger partial charge in [0.2, 0.25) is 5.91 Å². The van der Waals surface area contributed by atoms with Gasteiger partial charge in [-0.25, -0.2) is 0 Å². The summed E-state index contributed by atoms with van der Waals surface area (Å²) in [6, 6.07) is 0. The summed E-state index contributed by atoms with van der Waals surface area (Å²) in [7, 11) is 0. The second-order valence-corrected chi connectivity index (χ2v) is 2.87. The Bertz CT molecular complexity index is 153. The minimum atomic E-state index is 0.216. The molecule has 2 nitrogen and oxygen atoms in total. The predicted octanol–water partition coefficient (Wildman–Crippen LogP) is 1.39. The van der Waals surface area contributed by atoms with Crippen molar-refractivity contribution in [2.45, 2.75) is 19.8 Å². The molecule has 10 heavy (non-hydrogen) atoms. The van der Waals surface area contributed by atoms with Gasteiger partial charge in [-0.1, -0.05) is 13.5 Å². The van der Waals surface area contributed by atoms with Gasteiger partial charge in [0.1, 0.15) is 0 Å². The minimum Gasteiger partial charge on any atom is -0.320 e. The third-order valence-electron chi connectivity index (χ3n) is 1.93. The van der Waals surface area contributed by atoms with Crippen LogP contribution in [0, 0.1) is 5.92 Å². The molecule has 0 aromatic rings. The van der Waals surface area contributed by atoms with Crippen molar-refractivity contribution in [1.82, 2.24) is 4.90 Å². The van der Waals surface area contributed by atoms with Gasteiger partial charge in [0.05, 0.1) is 0 Å². The molecule has 1 rings (SSSR count). The van der Waals surface area contributed by atoms with Crippen LogP contribution in [0.5, 0.6) is 0 Å². The van der Waals surface area contributed by atoms with Crippen LogP contribution < -0.4 is 0 Å². The number of amides is 1. The molecule has 1 saturated heterocycles. The lowest BCUT2D eigenvalue weighted by atomic mass is 9.99. The maximum absolute atomic E-state index is 11.1. The molecule has 0 aliphatic carbocycles. The summed E-state index contributed by atoms with van der Waals surface area (Å²) in [6.45, 7) is 6.53. The molecule has 1 atom stereocenters. The molecular weight excluding hydrogens is 126 g/mol. The number of likely N-dealkylation sites (tertiary alicyclic amines) is 1. The molecule has 1 aliphatic rings. The van der Waals surface area contributed by atoms with Crippen LogP contribution in [0.2, 0.25) is 0 Å². The monoisotopic (exact) mass is 139 g/mol. The third kappa shape index (κ3) is 1.38. The van der Waals surface area contributed by atoms with Crippen LogP contribution in [0.25, 0.3) is 0 Å². The van der Waals surface area contributed by atoms with Crippen molar-refractivity contribution in [2.24, 2.45) is 5.92 Å². The second kappa shape index (κ2) is 2.86. The molecule has 1 aliphatic heterocycles. The molecule has 0 aromatic heterocycles. The van der Waals surface area contributed by atoms with Crippen LogP contribution in [0.3, 0.4) is 0 Å².